The summed E-state index contributed by atoms with van der Waals surface area (Å²) in [5.41, 5.74) is -1.69. The van der Waals surface area contributed by atoms with E-state index in [1.807, 2.05) is 0 Å². The zero-order chi connectivity index (χ0) is 16.4. The van der Waals surface area contributed by atoms with Gasteiger partial charge in [0.05, 0.1) is 19.3 Å². The fraction of sp³-hybridized carbons (Fsp3) is 0.625. The Morgan fingerprint density at radius 3 is 2.14 bits per heavy atom. The maximum Gasteiger partial charge on any atom is 0.185 e. The first-order valence-corrected chi connectivity index (χ1v) is 7.53. The molecule has 1 aromatic carbocycles. The monoisotopic (exact) mass is 314 g/mol. The van der Waals surface area contributed by atoms with Crippen LogP contribution in [0.15, 0.2) is 30.3 Å². The minimum absolute atomic E-state index is 0.0843. The maximum absolute atomic E-state index is 10.4. The van der Waals surface area contributed by atoms with E-state index in [9.17, 15) is 20.4 Å². The highest BCUT2D eigenvalue weighted by atomic mass is 16.5. The van der Waals surface area contributed by atoms with E-state index in [1.54, 1.807) is 30.3 Å². The summed E-state index contributed by atoms with van der Waals surface area (Å²) in [5.74, 6) is 0.387. The number of para-hydroxylation sites is 1. The Bertz CT molecular complexity index is 399. The third kappa shape index (κ3) is 4.93. The Balaban J connectivity index is 2.85. The second-order valence-corrected chi connectivity index (χ2v) is 5.32. The van der Waals surface area contributed by atoms with Crippen molar-refractivity contribution in [2.75, 3.05) is 19.8 Å². The van der Waals surface area contributed by atoms with Crippen LogP contribution in [0.3, 0.4) is 0 Å². The van der Waals surface area contributed by atoms with E-state index < -0.39 is 31.0 Å². The Morgan fingerprint density at radius 2 is 1.59 bits per heavy atom. The molecule has 0 spiro atoms. The van der Waals surface area contributed by atoms with Gasteiger partial charge in [-0.05, 0) is 25.0 Å². The van der Waals surface area contributed by atoms with Crippen molar-refractivity contribution in [1.29, 1.82) is 0 Å². The predicted octanol–water partition coefficient (Wildman–Crippen LogP) is 0.0633. The fourth-order valence-corrected chi connectivity index (χ4v) is 2.33. The topological polar surface area (TPSA) is 110 Å². The summed E-state index contributed by atoms with van der Waals surface area (Å²) >= 11 is 0. The summed E-state index contributed by atoms with van der Waals surface area (Å²) in [5, 5.41) is 48.2. The first-order chi connectivity index (χ1) is 10.6. The molecule has 0 amide bonds. The highest BCUT2D eigenvalue weighted by molar-refractivity contribution is 5.23. The molecule has 3 unspecified atom stereocenters. The zero-order valence-corrected chi connectivity index (χ0v) is 12.6. The zero-order valence-electron chi connectivity index (χ0n) is 12.6. The number of ether oxygens (including phenoxy) is 1. The Kier molecular flexibility index (Phi) is 8.37. The summed E-state index contributed by atoms with van der Waals surface area (Å²) in [6.07, 6.45) is -0.343. The number of aliphatic hydroxyl groups excluding tert-OH is 5. The van der Waals surface area contributed by atoms with Crippen molar-refractivity contribution in [1.82, 2.24) is 0 Å². The largest absolute Gasteiger partial charge is 0.479 e. The molecule has 0 aliphatic heterocycles. The molecule has 6 heteroatoms. The molecule has 6 nitrogen and oxygen atoms in total. The van der Waals surface area contributed by atoms with Crippen LogP contribution in [-0.2, 0) is 0 Å². The quantitative estimate of drug-likeness (QED) is 0.370. The molecule has 22 heavy (non-hydrogen) atoms. The summed E-state index contributed by atoms with van der Waals surface area (Å²) in [6.45, 7) is -1.19. The highest BCUT2D eigenvalue weighted by Crippen LogP contribution is 2.27. The van der Waals surface area contributed by atoms with Crippen molar-refractivity contribution in [2.45, 2.75) is 43.5 Å². The van der Waals surface area contributed by atoms with E-state index in [2.05, 4.69) is 0 Å². The lowest BCUT2D eigenvalue weighted by molar-refractivity contribution is -0.163. The molecular formula is C16H26O6. The number of unbranched alkanes of at least 4 members (excludes halogenated alkanes) is 2. The maximum atomic E-state index is 10.4. The molecule has 0 saturated heterocycles. The van der Waals surface area contributed by atoms with Crippen LogP contribution >= 0.6 is 0 Å². The van der Waals surface area contributed by atoms with Crippen LogP contribution in [0.2, 0.25) is 0 Å². The van der Waals surface area contributed by atoms with Gasteiger partial charge in [0.2, 0.25) is 0 Å². The molecule has 0 fully saturated rings. The first-order valence-electron chi connectivity index (χ1n) is 7.53. The average Bonchev–Trinajstić information content (AvgIpc) is 2.56. The van der Waals surface area contributed by atoms with Gasteiger partial charge in [-0.3, -0.25) is 0 Å². The minimum atomic E-state index is -1.69. The lowest BCUT2D eigenvalue weighted by Crippen LogP contribution is -2.60. The number of aliphatic hydroxyl groups is 5. The van der Waals surface area contributed by atoms with Crippen molar-refractivity contribution in [2.24, 2.45) is 0 Å². The van der Waals surface area contributed by atoms with Gasteiger partial charge in [0, 0.05) is 6.61 Å². The highest BCUT2D eigenvalue weighted by Gasteiger charge is 2.46. The van der Waals surface area contributed by atoms with E-state index in [-0.39, 0.29) is 13.0 Å². The van der Waals surface area contributed by atoms with Gasteiger partial charge in [0.25, 0.3) is 0 Å². The van der Waals surface area contributed by atoms with E-state index in [4.69, 9.17) is 9.84 Å². The van der Waals surface area contributed by atoms with E-state index in [1.165, 1.54) is 0 Å². The van der Waals surface area contributed by atoms with Crippen LogP contribution in [-0.4, -0.2) is 63.2 Å². The van der Waals surface area contributed by atoms with Crippen LogP contribution in [0.5, 0.6) is 5.75 Å². The van der Waals surface area contributed by atoms with E-state index >= 15 is 0 Å². The van der Waals surface area contributed by atoms with Gasteiger partial charge >= 0.3 is 0 Å². The van der Waals surface area contributed by atoms with Gasteiger partial charge in [-0.2, -0.15) is 0 Å². The number of hydrogen-bond donors (Lipinski definition) is 5. The summed E-state index contributed by atoms with van der Waals surface area (Å²) < 4.78 is 5.66. The second-order valence-electron chi connectivity index (χ2n) is 5.32. The molecule has 0 bridgehead atoms. The summed E-state index contributed by atoms with van der Waals surface area (Å²) in [4.78, 5) is 0. The normalized spacial score (nSPS) is 16.8. The Morgan fingerprint density at radius 1 is 0.909 bits per heavy atom. The SMILES string of the molecule is OCCCCCC(O)C(CO)(Oc1ccccc1)C(O)CO. The van der Waals surface area contributed by atoms with Crippen molar-refractivity contribution < 1.29 is 30.3 Å². The Hall–Kier alpha value is -1.18. The van der Waals surface area contributed by atoms with Crippen LogP contribution in [0.25, 0.3) is 0 Å². The molecule has 0 radical (unpaired) electrons. The molecule has 5 N–H and O–H groups in total. The molecule has 0 saturated carbocycles. The number of rotatable bonds is 11. The van der Waals surface area contributed by atoms with Gasteiger partial charge in [-0.1, -0.05) is 31.0 Å². The van der Waals surface area contributed by atoms with Crippen molar-refractivity contribution in [3.8, 4) is 5.75 Å². The molecule has 0 heterocycles. The third-order valence-corrected chi connectivity index (χ3v) is 3.73. The van der Waals surface area contributed by atoms with Crippen LogP contribution in [0.1, 0.15) is 25.7 Å². The summed E-state index contributed by atoms with van der Waals surface area (Å²) in [7, 11) is 0. The van der Waals surface area contributed by atoms with Gasteiger partial charge in [-0.25, -0.2) is 0 Å². The number of benzene rings is 1. The summed E-state index contributed by atoms with van der Waals surface area (Å²) in [6, 6.07) is 8.55. The molecular weight excluding hydrogens is 288 g/mol. The molecule has 1 rings (SSSR count). The molecule has 3 atom stereocenters. The smallest absolute Gasteiger partial charge is 0.185 e. The molecule has 126 valence electrons. The average molecular weight is 314 g/mol. The van der Waals surface area contributed by atoms with Crippen LogP contribution < -0.4 is 4.74 Å². The predicted molar refractivity (Wildman–Crippen MR) is 81.5 cm³/mol. The van der Waals surface area contributed by atoms with Gasteiger partial charge in [0.1, 0.15) is 11.9 Å². The molecule has 1 aromatic rings. The van der Waals surface area contributed by atoms with Crippen LogP contribution in [0.4, 0.5) is 0 Å². The van der Waals surface area contributed by atoms with E-state index in [0.29, 0.717) is 18.6 Å². The fourth-order valence-electron chi connectivity index (χ4n) is 2.33. The number of hydrogen-bond acceptors (Lipinski definition) is 6. The molecule has 0 aliphatic rings. The minimum Gasteiger partial charge on any atom is -0.479 e. The molecule has 0 aliphatic carbocycles. The van der Waals surface area contributed by atoms with Gasteiger partial charge in [0.15, 0.2) is 5.60 Å². The Labute approximate surface area is 130 Å². The van der Waals surface area contributed by atoms with Crippen LogP contribution in [0, 0.1) is 0 Å². The van der Waals surface area contributed by atoms with Crippen molar-refractivity contribution in [3.63, 3.8) is 0 Å². The lowest BCUT2D eigenvalue weighted by Gasteiger charge is -2.40. The van der Waals surface area contributed by atoms with Crippen molar-refractivity contribution >= 4 is 0 Å². The lowest BCUT2D eigenvalue weighted by atomic mass is 9.87. The molecule has 0 aromatic heterocycles. The van der Waals surface area contributed by atoms with Crippen molar-refractivity contribution in [3.05, 3.63) is 30.3 Å². The second kappa shape index (κ2) is 9.76. The first kappa shape index (κ1) is 18.9. The van der Waals surface area contributed by atoms with Gasteiger partial charge < -0.3 is 30.3 Å². The van der Waals surface area contributed by atoms with Gasteiger partial charge in [-0.15, -0.1) is 0 Å². The standard InChI is InChI=1S/C16H26O6/c17-10-6-2-5-9-14(20)16(12-19,15(21)11-18)22-13-7-3-1-4-8-13/h1,3-4,7-8,14-15,17-21H,2,5-6,9-12H2. The van der Waals surface area contributed by atoms with E-state index in [0.717, 1.165) is 6.42 Å². The third-order valence-electron chi connectivity index (χ3n) is 3.73.